The molecule has 1 aliphatic carbocycles. The number of rotatable bonds is 3. The van der Waals surface area contributed by atoms with Crippen molar-refractivity contribution >= 4 is 11.9 Å². The molecule has 2 atom stereocenters. The zero-order valence-electron chi connectivity index (χ0n) is 14.5. The molecule has 6 heteroatoms. The second-order valence-corrected chi connectivity index (χ2v) is 7.28. The van der Waals surface area contributed by atoms with Gasteiger partial charge in [0.2, 0.25) is 0 Å². The van der Waals surface area contributed by atoms with E-state index in [0.717, 1.165) is 18.7 Å². The monoisotopic (exact) mass is 351 g/mol. The highest BCUT2D eigenvalue weighted by Crippen LogP contribution is 2.34. The van der Waals surface area contributed by atoms with Crippen LogP contribution in [-0.4, -0.2) is 44.9 Å². The van der Waals surface area contributed by atoms with Gasteiger partial charge in [0.1, 0.15) is 0 Å². The number of carbonyl (C=O) groups excluding carboxylic acids is 1. The van der Waals surface area contributed by atoms with Crippen LogP contribution in [0.2, 0.25) is 0 Å². The summed E-state index contributed by atoms with van der Waals surface area (Å²) in [5.74, 6) is 0.278. The van der Waals surface area contributed by atoms with Crippen LogP contribution in [0.15, 0.2) is 36.7 Å². The molecule has 1 saturated heterocycles. The second-order valence-electron chi connectivity index (χ2n) is 7.28. The summed E-state index contributed by atoms with van der Waals surface area (Å²) in [7, 11) is 0. The van der Waals surface area contributed by atoms with Gasteiger partial charge in [0.25, 0.3) is 5.91 Å². The number of fused-ring (bicyclic) bond motifs is 2. The Morgan fingerprint density at radius 1 is 1.04 bits per heavy atom. The standard InChI is InChI=1S/C20H21N3O3/c24-19(23-11-13-2-1-3-14(8-13)12-23)16-6-4-15(5-7-16)17-9-21-10-18(22-17)20(25)26/h4-7,9-10,13-14H,1-3,8,11-12H2,(H,25,26). The molecule has 0 radical (unpaired) electrons. The molecule has 4 rings (SSSR count). The Bertz CT molecular complexity index is 822. The van der Waals surface area contributed by atoms with Crippen LogP contribution < -0.4 is 0 Å². The molecular weight excluding hydrogens is 330 g/mol. The van der Waals surface area contributed by atoms with Crippen LogP contribution in [0, 0.1) is 11.8 Å². The van der Waals surface area contributed by atoms with Gasteiger partial charge in [-0.3, -0.25) is 9.78 Å². The summed E-state index contributed by atoms with van der Waals surface area (Å²) >= 11 is 0. The van der Waals surface area contributed by atoms with Gasteiger partial charge in [-0.25, -0.2) is 9.78 Å². The number of carboxylic acids is 1. The van der Waals surface area contributed by atoms with E-state index in [0.29, 0.717) is 23.1 Å². The molecule has 2 aliphatic rings. The van der Waals surface area contributed by atoms with Crippen LogP contribution in [0.3, 0.4) is 0 Å². The van der Waals surface area contributed by atoms with Crippen molar-refractivity contribution in [1.29, 1.82) is 0 Å². The van der Waals surface area contributed by atoms with E-state index in [1.165, 1.54) is 38.1 Å². The number of piperidine rings is 1. The fourth-order valence-electron chi connectivity index (χ4n) is 4.17. The Kier molecular flexibility index (Phi) is 4.41. The third-order valence-electron chi connectivity index (χ3n) is 5.42. The van der Waals surface area contributed by atoms with Crippen molar-refractivity contribution in [3.8, 4) is 11.3 Å². The maximum absolute atomic E-state index is 12.8. The number of aromatic carboxylic acids is 1. The van der Waals surface area contributed by atoms with E-state index < -0.39 is 5.97 Å². The van der Waals surface area contributed by atoms with E-state index in [9.17, 15) is 9.59 Å². The maximum atomic E-state index is 12.8. The highest BCUT2D eigenvalue weighted by Gasteiger charge is 2.32. The molecule has 26 heavy (non-hydrogen) atoms. The molecule has 0 spiro atoms. The van der Waals surface area contributed by atoms with Crippen molar-refractivity contribution < 1.29 is 14.7 Å². The van der Waals surface area contributed by atoms with Gasteiger partial charge >= 0.3 is 5.97 Å². The molecule has 2 unspecified atom stereocenters. The Morgan fingerprint density at radius 2 is 1.73 bits per heavy atom. The predicted molar refractivity (Wildman–Crippen MR) is 95.8 cm³/mol. The van der Waals surface area contributed by atoms with Crippen molar-refractivity contribution in [1.82, 2.24) is 14.9 Å². The van der Waals surface area contributed by atoms with Gasteiger partial charge in [-0.05, 0) is 43.2 Å². The molecule has 2 fully saturated rings. The predicted octanol–water partition coefficient (Wildman–Crippen LogP) is 3.10. The fraction of sp³-hybridized carbons (Fsp3) is 0.400. The van der Waals surface area contributed by atoms with E-state index >= 15 is 0 Å². The minimum atomic E-state index is -1.11. The molecule has 1 aliphatic heterocycles. The second kappa shape index (κ2) is 6.86. The average molecular weight is 351 g/mol. The van der Waals surface area contributed by atoms with Crippen molar-refractivity contribution in [2.75, 3.05) is 13.1 Å². The summed E-state index contributed by atoms with van der Waals surface area (Å²) in [4.78, 5) is 33.9. The SMILES string of the molecule is O=C(O)c1cncc(-c2ccc(C(=O)N3CC4CCCC(C4)C3)cc2)n1. The van der Waals surface area contributed by atoms with E-state index in [2.05, 4.69) is 9.97 Å². The van der Waals surface area contributed by atoms with E-state index in [1.807, 2.05) is 4.90 Å². The third-order valence-corrected chi connectivity index (χ3v) is 5.42. The highest BCUT2D eigenvalue weighted by molar-refractivity contribution is 5.94. The van der Waals surface area contributed by atoms with E-state index in [-0.39, 0.29) is 11.6 Å². The molecule has 2 bridgehead atoms. The first-order valence-corrected chi connectivity index (χ1v) is 9.05. The highest BCUT2D eigenvalue weighted by atomic mass is 16.4. The van der Waals surface area contributed by atoms with Crippen molar-refractivity contribution in [2.45, 2.75) is 25.7 Å². The number of benzene rings is 1. The number of hydrogen-bond donors (Lipinski definition) is 1. The molecule has 1 saturated carbocycles. The quantitative estimate of drug-likeness (QED) is 0.919. The topological polar surface area (TPSA) is 83.4 Å². The molecular formula is C20H21N3O3. The van der Waals surface area contributed by atoms with Crippen molar-refractivity contribution in [3.05, 3.63) is 47.9 Å². The molecule has 1 N–H and O–H groups in total. The minimum Gasteiger partial charge on any atom is -0.476 e. The van der Waals surface area contributed by atoms with Crippen LogP contribution in [0.5, 0.6) is 0 Å². The van der Waals surface area contributed by atoms with Crippen LogP contribution in [-0.2, 0) is 0 Å². The Balaban J connectivity index is 1.51. The number of amides is 1. The van der Waals surface area contributed by atoms with Crippen molar-refractivity contribution in [2.24, 2.45) is 11.8 Å². The smallest absolute Gasteiger partial charge is 0.356 e. The first-order valence-electron chi connectivity index (χ1n) is 9.05. The fourth-order valence-corrected chi connectivity index (χ4v) is 4.17. The van der Waals surface area contributed by atoms with E-state index in [1.54, 1.807) is 24.3 Å². The normalized spacial score (nSPS) is 22.1. The van der Waals surface area contributed by atoms with Gasteiger partial charge in [0, 0.05) is 24.2 Å². The molecule has 1 amide bonds. The summed E-state index contributed by atoms with van der Waals surface area (Å²) in [6.07, 6.45) is 7.77. The number of nitrogens with zero attached hydrogens (tertiary/aromatic N) is 3. The molecule has 1 aromatic heterocycles. The summed E-state index contributed by atoms with van der Waals surface area (Å²) < 4.78 is 0. The van der Waals surface area contributed by atoms with E-state index in [4.69, 9.17) is 5.11 Å². The molecule has 2 heterocycles. The first-order chi connectivity index (χ1) is 12.6. The zero-order chi connectivity index (χ0) is 18.1. The summed E-state index contributed by atoms with van der Waals surface area (Å²) in [6.45, 7) is 1.73. The van der Waals surface area contributed by atoms with Crippen LogP contribution in [0.25, 0.3) is 11.3 Å². The maximum Gasteiger partial charge on any atom is 0.356 e. The molecule has 6 nitrogen and oxygen atoms in total. The number of hydrogen-bond acceptors (Lipinski definition) is 4. The molecule has 2 aromatic rings. The number of carbonyl (C=O) groups is 2. The zero-order valence-corrected chi connectivity index (χ0v) is 14.5. The Morgan fingerprint density at radius 3 is 2.38 bits per heavy atom. The summed E-state index contributed by atoms with van der Waals surface area (Å²) in [5, 5.41) is 9.03. The lowest BCUT2D eigenvalue weighted by atomic mass is 9.78. The molecule has 1 aromatic carbocycles. The third kappa shape index (κ3) is 3.31. The molecule has 134 valence electrons. The lowest BCUT2D eigenvalue weighted by Gasteiger charge is -2.41. The Labute approximate surface area is 151 Å². The average Bonchev–Trinajstić information content (AvgIpc) is 2.67. The van der Waals surface area contributed by atoms with Gasteiger partial charge in [-0.1, -0.05) is 18.6 Å². The first kappa shape index (κ1) is 16.7. The van der Waals surface area contributed by atoms with Gasteiger partial charge in [0.15, 0.2) is 5.69 Å². The number of aromatic nitrogens is 2. The number of carboxylic acid groups (broad SMARTS) is 1. The number of likely N-dealkylation sites (tertiary alicyclic amines) is 1. The van der Waals surface area contributed by atoms with Gasteiger partial charge in [-0.15, -0.1) is 0 Å². The summed E-state index contributed by atoms with van der Waals surface area (Å²) in [6, 6.07) is 7.18. The van der Waals surface area contributed by atoms with Gasteiger partial charge < -0.3 is 10.0 Å². The largest absolute Gasteiger partial charge is 0.476 e. The van der Waals surface area contributed by atoms with Gasteiger partial charge in [-0.2, -0.15) is 0 Å². The summed E-state index contributed by atoms with van der Waals surface area (Å²) in [5.41, 5.74) is 1.79. The van der Waals surface area contributed by atoms with Crippen molar-refractivity contribution in [3.63, 3.8) is 0 Å². The van der Waals surface area contributed by atoms with Gasteiger partial charge in [0.05, 0.1) is 18.1 Å². The minimum absolute atomic E-state index is 0.0820. The van der Waals surface area contributed by atoms with Crippen LogP contribution in [0.4, 0.5) is 0 Å². The lowest BCUT2D eigenvalue weighted by Crippen LogP contribution is -2.45. The lowest BCUT2D eigenvalue weighted by molar-refractivity contribution is 0.0504. The van der Waals surface area contributed by atoms with Crippen LogP contribution >= 0.6 is 0 Å². The Hall–Kier alpha value is -2.76. The van der Waals surface area contributed by atoms with Crippen LogP contribution in [0.1, 0.15) is 46.5 Å².